The predicted octanol–water partition coefficient (Wildman–Crippen LogP) is 7.72. The van der Waals surface area contributed by atoms with Crippen LogP contribution in [0.15, 0.2) is 125 Å². The Morgan fingerprint density at radius 2 is 1.60 bits per heavy atom. The van der Waals surface area contributed by atoms with Crippen molar-refractivity contribution in [3.8, 4) is 17.2 Å². The van der Waals surface area contributed by atoms with Gasteiger partial charge in [0.25, 0.3) is 17.5 Å². The van der Waals surface area contributed by atoms with Crippen molar-refractivity contribution in [3.05, 3.63) is 147 Å². The fourth-order valence-corrected chi connectivity index (χ4v) is 6.36. The van der Waals surface area contributed by atoms with Crippen molar-refractivity contribution >= 4 is 63.3 Å². The van der Waals surface area contributed by atoms with E-state index in [0.717, 1.165) is 11.1 Å². The second kappa shape index (κ2) is 15.5. The van der Waals surface area contributed by atoms with Gasteiger partial charge < -0.3 is 16.0 Å². The Morgan fingerprint density at radius 3 is 2.27 bits per heavy atom. The van der Waals surface area contributed by atoms with Gasteiger partial charge in [-0.2, -0.15) is 5.26 Å². The molecule has 1 aromatic heterocycles. The highest BCUT2D eigenvalue weighted by Crippen LogP contribution is 2.36. The van der Waals surface area contributed by atoms with Gasteiger partial charge in [-0.3, -0.25) is 24.5 Å². The van der Waals surface area contributed by atoms with Gasteiger partial charge in [0.05, 0.1) is 15.7 Å². The summed E-state index contributed by atoms with van der Waals surface area (Å²) >= 11 is 2.56. The average molecular weight is 674 g/mol. The SMILES string of the molecule is CC(Sc1cccc(NC(=O)/C(=C\c2ccc([N+](=O)[O-])cc2)NC(=O)c2ccccc2)c1)C(=O)Nc1scc(-c2ccccc2)c1C#N. The average Bonchev–Trinajstić information content (AvgIpc) is 3.51. The van der Waals surface area contributed by atoms with E-state index in [1.54, 1.807) is 61.5 Å². The number of nitrogens with one attached hydrogen (secondary N) is 3. The Balaban J connectivity index is 1.29. The zero-order valence-electron chi connectivity index (χ0n) is 25.4. The van der Waals surface area contributed by atoms with Crippen LogP contribution in [0.5, 0.6) is 0 Å². The molecule has 10 nitrogen and oxygen atoms in total. The van der Waals surface area contributed by atoms with Crippen LogP contribution in [0.3, 0.4) is 0 Å². The number of amides is 3. The maximum absolute atomic E-state index is 13.5. The molecule has 0 fully saturated rings. The number of hydrogen-bond donors (Lipinski definition) is 3. The molecule has 0 spiro atoms. The Labute approximate surface area is 284 Å². The van der Waals surface area contributed by atoms with E-state index in [0.29, 0.717) is 32.3 Å². The molecule has 12 heteroatoms. The van der Waals surface area contributed by atoms with Gasteiger partial charge in [0.15, 0.2) is 0 Å². The lowest BCUT2D eigenvalue weighted by atomic mass is 10.1. The summed E-state index contributed by atoms with van der Waals surface area (Å²) < 4.78 is 0. The van der Waals surface area contributed by atoms with Crippen molar-refractivity contribution in [3.63, 3.8) is 0 Å². The lowest BCUT2D eigenvalue weighted by Gasteiger charge is -2.14. The van der Waals surface area contributed by atoms with Gasteiger partial charge >= 0.3 is 0 Å². The molecule has 0 aliphatic heterocycles. The summed E-state index contributed by atoms with van der Waals surface area (Å²) in [6, 6.07) is 32.5. The zero-order valence-corrected chi connectivity index (χ0v) is 27.0. The second-order valence-electron chi connectivity index (χ2n) is 10.3. The number of carbonyl (C=O) groups is 3. The molecule has 1 heterocycles. The molecule has 0 aliphatic carbocycles. The van der Waals surface area contributed by atoms with Gasteiger partial charge in [-0.15, -0.1) is 23.1 Å². The van der Waals surface area contributed by atoms with Crippen molar-refractivity contribution < 1.29 is 19.3 Å². The summed E-state index contributed by atoms with van der Waals surface area (Å²) in [6.45, 7) is 1.74. The minimum atomic E-state index is -0.624. The molecule has 1 atom stereocenters. The largest absolute Gasteiger partial charge is 0.321 e. The van der Waals surface area contributed by atoms with Crippen LogP contribution in [0.1, 0.15) is 28.4 Å². The number of carbonyl (C=O) groups excluding carboxylic acids is 3. The first-order chi connectivity index (χ1) is 23.2. The molecule has 3 N–H and O–H groups in total. The number of rotatable bonds is 11. The Kier molecular flexibility index (Phi) is 10.8. The quantitative estimate of drug-likeness (QED) is 0.0561. The summed E-state index contributed by atoms with van der Waals surface area (Å²) in [4.78, 5) is 50.8. The molecule has 238 valence electrons. The highest BCUT2D eigenvalue weighted by Gasteiger charge is 2.20. The third kappa shape index (κ3) is 8.41. The number of anilines is 2. The van der Waals surface area contributed by atoms with E-state index in [1.807, 2.05) is 35.7 Å². The molecule has 5 rings (SSSR count). The Bertz CT molecular complexity index is 2040. The van der Waals surface area contributed by atoms with Gasteiger partial charge in [0.1, 0.15) is 16.8 Å². The van der Waals surface area contributed by atoms with E-state index in [4.69, 9.17) is 0 Å². The number of benzene rings is 4. The highest BCUT2D eigenvalue weighted by molar-refractivity contribution is 8.00. The molecular formula is C36H27N5O5S2. The lowest BCUT2D eigenvalue weighted by molar-refractivity contribution is -0.384. The second-order valence-corrected chi connectivity index (χ2v) is 12.6. The molecular weight excluding hydrogens is 647 g/mol. The third-order valence-corrected chi connectivity index (χ3v) is 8.93. The molecule has 0 saturated heterocycles. The monoisotopic (exact) mass is 673 g/mol. The predicted molar refractivity (Wildman–Crippen MR) is 188 cm³/mol. The molecule has 5 aromatic rings. The van der Waals surface area contributed by atoms with Crippen LogP contribution in [0.2, 0.25) is 0 Å². The van der Waals surface area contributed by atoms with Crippen molar-refractivity contribution in [2.75, 3.05) is 10.6 Å². The van der Waals surface area contributed by atoms with Crippen molar-refractivity contribution in [2.45, 2.75) is 17.1 Å². The topological polar surface area (TPSA) is 154 Å². The number of nitro groups is 1. The number of thiophene rings is 1. The lowest BCUT2D eigenvalue weighted by Crippen LogP contribution is -2.30. The van der Waals surface area contributed by atoms with Crippen LogP contribution in [0.25, 0.3) is 17.2 Å². The zero-order chi connectivity index (χ0) is 34.0. The number of nitriles is 1. The standard InChI is InChI=1S/C36H27N5O5S2/c1-23(33(42)40-36-30(21-37)31(22-47-36)25-9-4-2-5-10-25)48-29-14-8-13-27(20-29)38-35(44)32(39-34(43)26-11-6-3-7-12-26)19-24-15-17-28(18-16-24)41(45)46/h2-20,22-23H,1H3,(H,38,44)(H,39,43)(H,40,42)/b32-19+. The van der Waals surface area contributed by atoms with E-state index >= 15 is 0 Å². The molecule has 0 saturated carbocycles. The number of thioether (sulfide) groups is 1. The fraction of sp³-hybridized carbons (Fsp3) is 0.0556. The third-order valence-electron chi connectivity index (χ3n) is 6.94. The van der Waals surface area contributed by atoms with E-state index in [-0.39, 0.29) is 17.3 Å². The number of nitro benzene ring substituents is 1. The maximum Gasteiger partial charge on any atom is 0.272 e. The van der Waals surface area contributed by atoms with Gasteiger partial charge in [-0.1, -0.05) is 54.6 Å². The highest BCUT2D eigenvalue weighted by atomic mass is 32.2. The molecule has 0 aliphatic rings. The summed E-state index contributed by atoms with van der Waals surface area (Å²) in [5, 5.41) is 31.0. The van der Waals surface area contributed by atoms with Crippen LogP contribution >= 0.6 is 23.1 Å². The van der Waals surface area contributed by atoms with Crippen molar-refractivity contribution in [1.82, 2.24) is 5.32 Å². The van der Waals surface area contributed by atoms with E-state index in [9.17, 15) is 29.8 Å². The number of nitrogens with zero attached hydrogens (tertiary/aromatic N) is 2. The van der Waals surface area contributed by atoms with Crippen molar-refractivity contribution in [2.24, 2.45) is 0 Å². The van der Waals surface area contributed by atoms with E-state index < -0.39 is 22.0 Å². The molecule has 4 aromatic carbocycles. The van der Waals surface area contributed by atoms with Crippen LogP contribution < -0.4 is 16.0 Å². The smallest absolute Gasteiger partial charge is 0.272 e. The van der Waals surface area contributed by atoms with Gasteiger partial charge in [0, 0.05) is 39.2 Å². The van der Waals surface area contributed by atoms with Crippen LogP contribution in [0, 0.1) is 21.4 Å². The molecule has 0 radical (unpaired) electrons. The fourth-order valence-electron chi connectivity index (χ4n) is 4.51. The summed E-state index contributed by atoms with van der Waals surface area (Å²) in [5.74, 6) is -1.42. The first-order valence-corrected chi connectivity index (χ1v) is 16.3. The number of non-ortho nitro benzene ring substituents is 1. The van der Waals surface area contributed by atoms with Crippen LogP contribution in [0.4, 0.5) is 16.4 Å². The Morgan fingerprint density at radius 1 is 0.917 bits per heavy atom. The van der Waals surface area contributed by atoms with Gasteiger partial charge in [0.2, 0.25) is 5.91 Å². The molecule has 0 bridgehead atoms. The van der Waals surface area contributed by atoms with Crippen LogP contribution in [-0.4, -0.2) is 27.9 Å². The summed E-state index contributed by atoms with van der Waals surface area (Å²) in [5.41, 5.74) is 3.07. The molecule has 48 heavy (non-hydrogen) atoms. The van der Waals surface area contributed by atoms with Gasteiger partial charge in [-0.05, 0) is 66.6 Å². The normalized spacial score (nSPS) is 11.5. The first kappa shape index (κ1) is 33.3. The first-order valence-electron chi connectivity index (χ1n) is 14.5. The van der Waals surface area contributed by atoms with E-state index in [1.165, 1.54) is 53.4 Å². The Hall–Kier alpha value is -6.03. The molecule has 1 unspecified atom stereocenters. The van der Waals surface area contributed by atoms with Crippen molar-refractivity contribution in [1.29, 1.82) is 5.26 Å². The molecule has 3 amide bonds. The minimum absolute atomic E-state index is 0.0809. The van der Waals surface area contributed by atoms with Gasteiger partial charge in [-0.25, -0.2) is 0 Å². The van der Waals surface area contributed by atoms with Crippen LogP contribution in [-0.2, 0) is 9.59 Å². The summed E-state index contributed by atoms with van der Waals surface area (Å²) in [6.07, 6.45) is 1.42. The van der Waals surface area contributed by atoms with E-state index in [2.05, 4.69) is 22.0 Å². The summed E-state index contributed by atoms with van der Waals surface area (Å²) in [7, 11) is 0. The minimum Gasteiger partial charge on any atom is -0.321 e. The maximum atomic E-state index is 13.5. The number of hydrogen-bond acceptors (Lipinski definition) is 8.